The van der Waals surface area contributed by atoms with Crippen LogP contribution in [0.3, 0.4) is 0 Å². The molecule has 0 bridgehead atoms. The largest absolute Gasteiger partial charge is 0.494 e. The first-order chi connectivity index (χ1) is 13.6. The minimum Gasteiger partial charge on any atom is -0.494 e. The van der Waals surface area contributed by atoms with E-state index in [-0.39, 0.29) is 0 Å². The van der Waals surface area contributed by atoms with E-state index in [0.717, 1.165) is 24.7 Å². The third kappa shape index (κ3) is 14.2. The molecule has 0 aliphatic rings. The van der Waals surface area contributed by atoms with Gasteiger partial charge in [-0.3, -0.25) is 0 Å². The van der Waals surface area contributed by atoms with Crippen LogP contribution >= 0.6 is 0 Å². The third-order valence-electron chi connectivity index (χ3n) is 5.22. The van der Waals surface area contributed by atoms with Crippen LogP contribution in [-0.4, -0.2) is 15.4 Å². The second kappa shape index (κ2) is 17.0. The minimum atomic E-state index is -1.91. The lowest BCUT2D eigenvalue weighted by Gasteiger charge is -2.07. The monoisotopic (exact) mass is 410 g/mol. The molecule has 0 heterocycles. The van der Waals surface area contributed by atoms with Gasteiger partial charge in [0.1, 0.15) is 5.75 Å². The fourth-order valence-corrected chi connectivity index (χ4v) is 3.81. The van der Waals surface area contributed by atoms with Crippen LogP contribution in [0.25, 0.3) is 0 Å². The molecule has 0 amide bonds. The number of hydrogen-bond acceptors (Lipinski definition) is 2. The first kappa shape index (κ1) is 25.2. The normalized spacial score (nSPS) is 12.4. The summed E-state index contributed by atoms with van der Waals surface area (Å²) < 4.78 is 25.6. The maximum Gasteiger partial charge on any atom is 0.186 e. The summed E-state index contributed by atoms with van der Waals surface area (Å²) >= 11 is -1.91. The summed E-state index contributed by atoms with van der Waals surface area (Å²) in [5.41, 5.74) is 0. The Balaban J connectivity index is 1.80. The van der Waals surface area contributed by atoms with Gasteiger partial charge >= 0.3 is 0 Å². The lowest BCUT2D eigenvalue weighted by Crippen LogP contribution is -1.97. The molecule has 0 radical (unpaired) electrons. The predicted octanol–water partition coefficient (Wildman–Crippen LogP) is 7.76. The van der Waals surface area contributed by atoms with Crippen LogP contribution in [0.1, 0.15) is 104 Å². The molecule has 162 valence electrons. The van der Waals surface area contributed by atoms with Crippen molar-refractivity contribution in [2.75, 3.05) is 6.61 Å². The van der Waals surface area contributed by atoms with Crippen LogP contribution < -0.4 is 4.74 Å². The molecule has 0 saturated carbocycles. The Labute approximate surface area is 175 Å². The van der Waals surface area contributed by atoms with Crippen LogP contribution in [0, 0.1) is 5.92 Å². The zero-order valence-corrected chi connectivity index (χ0v) is 19.0. The van der Waals surface area contributed by atoms with Gasteiger partial charge in [0.05, 0.1) is 11.5 Å². The Kier molecular flexibility index (Phi) is 15.3. The van der Waals surface area contributed by atoms with Gasteiger partial charge in [-0.05, 0) is 36.6 Å². The molecule has 1 rings (SSSR count). The number of hydrogen-bond donors (Lipinski definition) is 1. The van der Waals surface area contributed by atoms with Crippen molar-refractivity contribution in [3.8, 4) is 5.75 Å². The molecule has 1 unspecified atom stereocenters. The molecule has 0 saturated heterocycles. The highest BCUT2D eigenvalue weighted by atomic mass is 32.2. The van der Waals surface area contributed by atoms with E-state index in [1.54, 1.807) is 24.3 Å². The smallest absolute Gasteiger partial charge is 0.186 e. The molecule has 1 aromatic rings. The minimum absolute atomic E-state index is 0.411. The lowest BCUT2D eigenvalue weighted by atomic mass is 10.0. The van der Waals surface area contributed by atoms with E-state index in [1.807, 2.05) is 0 Å². The van der Waals surface area contributed by atoms with Crippen molar-refractivity contribution in [3.05, 3.63) is 24.3 Å². The summed E-state index contributed by atoms with van der Waals surface area (Å²) in [5.74, 6) is 1.64. The highest BCUT2D eigenvalue weighted by molar-refractivity contribution is 7.79. The van der Waals surface area contributed by atoms with E-state index in [2.05, 4.69) is 13.8 Å². The molecule has 0 aliphatic heterocycles. The average Bonchev–Trinajstić information content (AvgIpc) is 2.67. The van der Waals surface area contributed by atoms with E-state index >= 15 is 0 Å². The highest BCUT2D eigenvalue weighted by Gasteiger charge is 2.00. The molecular formula is C24H42O3S. The zero-order chi connectivity index (χ0) is 20.5. The number of benzene rings is 1. The highest BCUT2D eigenvalue weighted by Crippen LogP contribution is 2.16. The molecule has 0 aromatic heterocycles. The van der Waals surface area contributed by atoms with Gasteiger partial charge < -0.3 is 9.29 Å². The predicted molar refractivity (Wildman–Crippen MR) is 120 cm³/mol. The Morgan fingerprint density at radius 3 is 1.61 bits per heavy atom. The summed E-state index contributed by atoms with van der Waals surface area (Å²) in [4.78, 5) is 0.411. The molecule has 3 nitrogen and oxygen atoms in total. The summed E-state index contributed by atoms with van der Waals surface area (Å²) in [7, 11) is 0. The fraction of sp³-hybridized carbons (Fsp3) is 0.750. The molecule has 0 spiro atoms. The van der Waals surface area contributed by atoms with E-state index in [1.165, 1.54) is 83.5 Å². The maximum atomic E-state index is 10.9. The number of rotatable bonds is 18. The van der Waals surface area contributed by atoms with Gasteiger partial charge in [0.15, 0.2) is 11.1 Å². The molecule has 1 N–H and O–H groups in total. The molecule has 0 aliphatic carbocycles. The number of unbranched alkanes of at least 4 members (excludes halogenated alkanes) is 12. The molecular weight excluding hydrogens is 368 g/mol. The molecule has 1 aromatic carbocycles. The van der Waals surface area contributed by atoms with Crippen molar-refractivity contribution in [2.45, 2.75) is 109 Å². The Hall–Kier alpha value is -0.870. The van der Waals surface area contributed by atoms with Crippen molar-refractivity contribution >= 4 is 11.1 Å². The van der Waals surface area contributed by atoms with Crippen molar-refractivity contribution < 1.29 is 13.5 Å². The third-order valence-corrected chi connectivity index (χ3v) is 5.90. The number of ether oxygens (including phenoxy) is 1. The summed E-state index contributed by atoms with van der Waals surface area (Å²) in [5, 5.41) is 0. The van der Waals surface area contributed by atoms with Gasteiger partial charge in [-0.1, -0.05) is 97.3 Å². The van der Waals surface area contributed by atoms with Gasteiger partial charge in [-0.15, -0.1) is 0 Å². The van der Waals surface area contributed by atoms with Gasteiger partial charge in [0.25, 0.3) is 0 Å². The Bertz CT molecular complexity index is 499. The van der Waals surface area contributed by atoms with E-state index in [9.17, 15) is 4.21 Å². The van der Waals surface area contributed by atoms with E-state index in [0.29, 0.717) is 4.90 Å². The summed E-state index contributed by atoms with van der Waals surface area (Å²) in [6, 6.07) is 6.79. The Morgan fingerprint density at radius 2 is 1.18 bits per heavy atom. The quantitative estimate of drug-likeness (QED) is 0.199. The topological polar surface area (TPSA) is 46.5 Å². The summed E-state index contributed by atoms with van der Waals surface area (Å²) in [6.07, 6.45) is 19.0. The molecule has 4 heteroatoms. The van der Waals surface area contributed by atoms with Crippen molar-refractivity contribution in [1.29, 1.82) is 0 Å². The van der Waals surface area contributed by atoms with Crippen molar-refractivity contribution in [2.24, 2.45) is 5.92 Å². The van der Waals surface area contributed by atoms with E-state index < -0.39 is 11.1 Å². The molecule has 0 fully saturated rings. The first-order valence-electron chi connectivity index (χ1n) is 11.4. The second-order valence-electron chi connectivity index (χ2n) is 8.35. The summed E-state index contributed by atoms with van der Waals surface area (Å²) in [6.45, 7) is 5.36. The standard InChI is InChI=1S/C24H42O3S/c1-22(2)16-14-12-10-8-6-4-3-5-7-9-11-13-15-21-27-23-17-19-24(20-18-23)28(25)26/h17-20,22H,3-16,21H2,1-2H3,(H,25,26). The van der Waals surface area contributed by atoms with E-state index in [4.69, 9.17) is 9.29 Å². The lowest BCUT2D eigenvalue weighted by molar-refractivity contribution is 0.304. The zero-order valence-electron chi connectivity index (χ0n) is 18.2. The second-order valence-corrected chi connectivity index (χ2v) is 9.32. The van der Waals surface area contributed by atoms with Crippen LogP contribution in [0.5, 0.6) is 5.75 Å². The van der Waals surface area contributed by atoms with Gasteiger partial charge in [0, 0.05) is 0 Å². The van der Waals surface area contributed by atoms with Gasteiger partial charge in [-0.2, -0.15) is 0 Å². The van der Waals surface area contributed by atoms with Crippen LogP contribution in [0.4, 0.5) is 0 Å². The SMILES string of the molecule is CC(C)CCCCCCCCCCCCCCCOc1ccc(S(=O)O)cc1. The average molecular weight is 411 g/mol. The first-order valence-corrected chi connectivity index (χ1v) is 12.5. The Morgan fingerprint density at radius 1 is 0.750 bits per heavy atom. The van der Waals surface area contributed by atoms with Gasteiger partial charge in [0.2, 0.25) is 0 Å². The fourth-order valence-electron chi connectivity index (χ4n) is 3.44. The van der Waals surface area contributed by atoms with Gasteiger partial charge in [-0.25, -0.2) is 4.21 Å². The van der Waals surface area contributed by atoms with Crippen LogP contribution in [0.2, 0.25) is 0 Å². The maximum absolute atomic E-state index is 10.9. The molecule has 1 atom stereocenters. The van der Waals surface area contributed by atoms with Crippen LogP contribution in [0.15, 0.2) is 29.2 Å². The van der Waals surface area contributed by atoms with Crippen molar-refractivity contribution in [3.63, 3.8) is 0 Å². The molecule has 28 heavy (non-hydrogen) atoms. The van der Waals surface area contributed by atoms with Crippen LogP contribution in [-0.2, 0) is 11.1 Å². The van der Waals surface area contributed by atoms with Crippen molar-refractivity contribution in [1.82, 2.24) is 0 Å².